The van der Waals surface area contributed by atoms with E-state index < -0.39 is 0 Å². The molecule has 1 aromatic heterocycles. The fourth-order valence-electron chi connectivity index (χ4n) is 1.33. The molecule has 1 rings (SSSR count). The summed E-state index contributed by atoms with van der Waals surface area (Å²) in [7, 11) is 0. The lowest BCUT2D eigenvalue weighted by molar-refractivity contribution is 0.158. The van der Waals surface area contributed by atoms with Crippen LogP contribution in [0.5, 0.6) is 0 Å². The highest BCUT2D eigenvalue weighted by Crippen LogP contribution is 2.18. The van der Waals surface area contributed by atoms with E-state index in [2.05, 4.69) is 20.7 Å². The van der Waals surface area contributed by atoms with Crippen LogP contribution < -0.4 is 16.6 Å². The minimum Gasteiger partial charge on any atom is -0.380 e. The molecule has 6 heteroatoms. The Bertz CT molecular complexity index is 342. The van der Waals surface area contributed by atoms with E-state index in [1.165, 1.54) is 0 Å². The number of anilines is 2. The average Bonchev–Trinajstić information content (AvgIpc) is 2.28. The summed E-state index contributed by atoms with van der Waals surface area (Å²) in [5.41, 5.74) is 3.46. The predicted molar refractivity (Wildman–Crippen MR) is 64.3 cm³/mol. The number of nitrogens with one attached hydrogen (secondary N) is 2. The van der Waals surface area contributed by atoms with Crippen molar-refractivity contribution in [2.45, 2.75) is 20.8 Å². The third-order valence-electron chi connectivity index (χ3n) is 2.14. The van der Waals surface area contributed by atoms with Crippen LogP contribution >= 0.6 is 0 Å². The molecule has 0 aliphatic carbocycles. The zero-order valence-corrected chi connectivity index (χ0v) is 10.0. The fraction of sp³-hybridized carbons (Fsp3) is 0.600. The molecule has 0 spiro atoms. The van der Waals surface area contributed by atoms with Crippen molar-refractivity contribution in [2.24, 2.45) is 5.84 Å². The number of nitrogen functional groups attached to an aromatic ring is 1. The van der Waals surface area contributed by atoms with Gasteiger partial charge in [-0.3, -0.25) is 0 Å². The van der Waals surface area contributed by atoms with Crippen molar-refractivity contribution in [1.29, 1.82) is 0 Å². The second-order valence-corrected chi connectivity index (χ2v) is 3.36. The maximum absolute atomic E-state index is 5.37. The van der Waals surface area contributed by atoms with Crippen molar-refractivity contribution in [1.82, 2.24) is 9.97 Å². The number of hydrogen-bond donors (Lipinski definition) is 3. The zero-order valence-electron chi connectivity index (χ0n) is 10.0. The minimum absolute atomic E-state index is 0.645. The number of hydrogen-bond acceptors (Lipinski definition) is 6. The van der Waals surface area contributed by atoms with Crippen LogP contribution in [0.2, 0.25) is 0 Å². The van der Waals surface area contributed by atoms with Crippen molar-refractivity contribution >= 4 is 11.6 Å². The highest BCUT2D eigenvalue weighted by atomic mass is 16.5. The minimum atomic E-state index is 0.645. The number of aryl methyl sites for hydroxylation is 1. The molecule has 4 N–H and O–H groups in total. The quantitative estimate of drug-likeness (QED) is 0.378. The van der Waals surface area contributed by atoms with Crippen LogP contribution in [0.3, 0.4) is 0 Å². The molecule has 0 atom stereocenters. The Morgan fingerprint density at radius 2 is 1.94 bits per heavy atom. The van der Waals surface area contributed by atoms with Crippen molar-refractivity contribution in [3.8, 4) is 0 Å². The van der Waals surface area contributed by atoms with Gasteiger partial charge in [0.05, 0.1) is 6.61 Å². The molecular formula is C10H19N5O. The first kappa shape index (κ1) is 12.7. The van der Waals surface area contributed by atoms with E-state index in [0.717, 1.165) is 24.5 Å². The molecule has 0 unspecified atom stereocenters. The van der Waals surface area contributed by atoms with Crippen molar-refractivity contribution < 1.29 is 4.74 Å². The van der Waals surface area contributed by atoms with Crippen LogP contribution in [0, 0.1) is 13.8 Å². The van der Waals surface area contributed by atoms with Crippen LogP contribution in [0.4, 0.5) is 11.6 Å². The molecule has 0 radical (unpaired) electrons. The summed E-state index contributed by atoms with van der Waals surface area (Å²) in [5.74, 6) is 7.49. The lowest BCUT2D eigenvalue weighted by Crippen LogP contribution is -2.16. The molecule has 90 valence electrons. The Labute approximate surface area is 95.6 Å². The molecule has 1 heterocycles. The van der Waals surface area contributed by atoms with Gasteiger partial charge in [0.2, 0.25) is 0 Å². The molecular weight excluding hydrogens is 206 g/mol. The summed E-state index contributed by atoms with van der Waals surface area (Å²) >= 11 is 0. The summed E-state index contributed by atoms with van der Waals surface area (Å²) in [4.78, 5) is 8.48. The highest BCUT2D eigenvalue weighted by Gasteiger charge is 2.07. The summed E-state index contributed by atoms with van der Waals surface area (Å²) in [6.07, 6.45) is 0. The molecule has 1 aromatic rings. The average molecular weight is 225 g/mol. The molecule has 0 bridgehead atoms. The molecule has 0 saturated heterocycles. The zero-order chi connectivity index (χ0) is 12.0. The van der Waals surface area contributed by atoms with Gasteiger partial charge in [-0.15, -0.1) is 0 Å². The molecule has 0 amide bonds. The van der Waals surface area contributed by atoms with Gasteiger partial charge in [0.1, 0.15) is 17.5 Å². The van der Waals surface area contributed by atoms with Crippen LogP contribution in [-0.2, 0) is 4.74 Å². The largest absolute Gasteiger partial charge is 0.380 e. The number of rotatable bonds is 6. The van der Waals surface area contributed by atoms with E-state index in [4.69, 9.17) is 10.6 Å². The lowest BCUT2D eigenvalue weighted by atomic mass is 10.3. The van der Waals surface area contributed by atoms with Crippen LogP contribution in [0.15, 0.2) is 0 Å². The molecule has 0 aromatic carbocycles. The van der Waals surface area contributed by atoms with Gasteiger partial charge in [-0.1, -0.05) is 0 Å². The number of nitrogens with two attached hydrogens (primary N) is 1. The predicted octanol–water partition coefficient (Wildman–Crippen LogP) is 0.827. The van der Waals surface area contributed by atoms with Gasteiger partial charge in [0.25, 0.3) is 0 Å². The first-order valence-electron chi connectivity index (χ1n) is 5.32. The van der Waals surface area contributed by atoms with E-state index in [0.29, 0.717) is 18.2 Å². The van der Waals surface area contributed by atoms with Gasteiger partial charge in [-0.2, -0.15) is 0 Å². The van der Waals surface area contributed by atoms with E-state index in [9.17, 15) is 0 Å². The second-order valence-electron chi connectivity index (χ2n) is 3.36. The van der Waals surface area contributed by atoms with Gasteiger partial charge < -0.3 is 15.5 Å². The standard InChI is InChI=1S/C10H19N5O/c1-4-16-6-5-12-9-7(2)10(15-11)14-8(3)13-9/h4-6,11H2,1-3H3,(H2,12,13,14,15). The molecule has 0 aliphatic rings. The molecule has 0 saturated carbocycles. The van der Waals surface area contributed by atoms with Crippen LogP contribution in [0.1, 0.15) is 18.3 Å². The topological polar surface area (TPSA) is 85.1 Å². The Balaban J connectivity index is 2.67. The normalized spacial score (nSPS) is 10.2. The van der Waals surface area contributed by atoms with E-state index in [1.807, 2.05) is 20.8 Å². The molecule has 0 fully saturated rings. The SMILES string of the molecule is CCOCCNc1nc(C)nc(NN)c1C. The smallest absolute Gasteiger partial charge is 0.148 e. The number of aromatic nitrogens is 2. The Hall–Kier alpha value is -1.40. The van der Waals surface area contributed by atoms with Crippen molar-refractivity contribution in [2.75, 3.05) is 30.5 Å². The number of hydrazine groups is 1. The first-order valence-corrected chi connectivity index (χ1v) is 5.32. The van der Waals surface area contributed by atoms with Crippen molar-refractivity contribution in [3.63, 3.8) is 0 Å². The van der Waals surface area contributed by atoms with Gasteiger partial charge in [-0.25, -0.2) is 15.8 Å². The Morgan fingerprint density at radius 1 is 1.25 bits per heavy atom. The van der Waals surface area contributed by atoms with Crippen molar-refractivity contribution in [3.05, 3.63) is 11.4 Å². The van der Waals surface area contributed by atoms with Gasteiger partial charge in [0, 0.05) is 18.7 Å². The van der Waals surface area contributed by atoms with E-state index in [-0.39, 0.29) is 0 Å². The Morgan fingerprint density at radius 3 is 2.56 bits per heavy atom. The van der Waals surface area contributed by atoms with Crippen LogP contribution in [0.25, 0.3) is 0 Å². The third kappa shape index (κ3) is 3.32. The van der Waals surface area contributed by atoms with Gasteiger partial charge in [-0.05, 0) is 20.8 Å². The fourth-order valence-corrected chi connectivity index (χ4v) is 1.33. The molecule has 0 aliphatic heterocycles. The summed E-state index contributed by atoms with van der Waals surface area (Å²) in [6, 6.07) is 0. The summed E-state index contributed by atoms with van der Waals surface area (Å²) in [6.45, 7) is 7.81. The number of nitrogens with zero attached hydrogens (tertiary/aromatic N) is 2. The molecule has 6 nitrogen and oxygen atoms in total. The highest BCUT2D eigenvalue weighted by molar-refractivity contribution is 5.56. The van der Waals surface area contributed by atoms with Crippen LogP contribution in [-0.4, -0.2) is 29.7 Å². The third-order valence-corrected chi connectivity index (χ3v) is 2.14. The molecule has 16 heavy (non-hydrogen) atoms. The van der Waals surface area contributed by atoms with Gasteiger partial charge >= 0.3 is 0 Å². The second kappa shape index (κ2) is 6.24. The maximum Gasteiger partial charge on any atom is 0.148 e. The monoisotopic (exact) mass is 225 g/mol. The summed E-state index contributed by atoms with van der Waals surface area (Å²) < 4.78 is 5.24. The number of ether oxygens (including phenoxy) is 1. The summed E-state index contributed by atoms with van der Waals surface area (Å²) in [5, 5.41) is 3.19. The maximum atomic E-state index is 5.37. The van der Waals surface area contributed by atoms with Gasteiger partial charge in [0.15, 0.2) is 0 Å². The Kier molecular flexibility index (Phi) is 4.94. The van der Waals surface area contributed by atoms with E-state index >= 15 is 0 Å². The van der Waals surface area contributed by atoms with E-state index in [1.54, 1.807) is 0 Å². The lowest BCUT2D eigenvalue weighted by Gasteiger charge is -2.12. The first-order chi connectivity index (χ1) is 7.69.